The molecule has 1 aromatic rings. The molecule has 2 heterocycles. The Bertz CT molecular complexity index is 879. The molecule has 0 N–H and O–H groups in total. The van der Waals surface area contributed by atoms with Gasteiger partial charge in [-0.3, -0.25) is 9.59 Å². The molecule has 6 aliphatic rings. The van der Waals surface area contributed by atoms with E-state index in [0.717, 1.165) is 49.2 Å². The number of likely N-dealkylation sites (tertiary alicyclic amines) is 1. The zero-order valence-corrected chi connectivity index (χ0v) is 16.9. The minimum Gasteiger partial charge on any atom is -0.461 e. The maximum atomic E-state index is 13.4. The summed E-state index contributed by atoms with van der Waals surface area (Å²) >= 11 is 0. The Morgan fingerprint density at radius 1 is 1.14 bits per heavy atom. The standard InChI is InChI=1S/C23H27NO5/c1-22(2)20(16-4-3-5-17-19(16)28-12-27-17)24(21(22)26)18-14-6-13-7-15(18)10-23(8-13,9-14)29-11-25/h3-5,11,13-15,18,20H,6-10,12H2,1-2H3. The fraction of sp³-hybridized carbons (Fsp3) is 0.652. The van der Waals surface area contributed by atoms with E-state index >= 15 is 0 Å². The quantitative estimate of drug-likeness (QED) is 0.575. The molecule has 5 fully saturated rings. The summed E-state index contributed by atoms with van der Waals surface area (Å²) in [6.45, 7) is 4.94. The molecule has 1 amide bonds. The van der Waals surface area contributed by atoms with Crippen LogP contribution in [0, 0.1) is 23.2 Å². The van der Waals surface area contributed by atoms with E-state index in [9.17, 15) is 9.59 Å². The highest BCUT2D eigenvalue weighted by Crippen LogP contribution is 2.63. The smallest absolute Gasteiger partial charge is 0.293 e. The van der Waals surface area contributed by atoms with Crippen LogP contribution in [0.5, 0.6) is 11.5 Å². The molecule has 4 bridgehead atoms. The SMILES string of the molecule is CC1(C)C(=O)N(C2C3CC4CC2CC(OC=O)(C4)C3)C1c1cccc2c1OCO2. The van der Waals surface area contributed by atoms with E-state index < -0.39 is 5.41 Å². The summed E-state index contributed by atoms with van der Waals surface area (Å²) in [6, 6.07) is 6.19. The predicted molar refractivity (Wildman–Crippen MR) is 103 cm³/mol. The molecule has 0 aromatic heterocycles. The molecule has 3 unspecified atom stereocenters. The highest BCUT2D eigenvalue weighted by Gasteiger charge is 2.65. The van der Waals surface area contributed by atoms with E-state index in [2.05, 4.69) is 11.0 Å². The van der Waals surface area contributed by atoms with Gasteiger partial charge in [0.15, 0.2) is 11.5 Å². The third-order valence-corrected chi connectivity index (χ3v) is 8.26. The largest absolute Gasteiger partial charge is 0.461 e. The fourth-order valence-corrected chi connectivity index (χ4v) is 7.49. The van der Waals surface area contributed by atoms with E-state index in [-0.39, 0.29) is 30.4 Å². The Morgan fingerprint density at radius 3 is 2.62 bits per heavy atom. The van der Waals surface area contributed by atoms with E-state index in [1.165, 1.54) is 0 Å². The minimum atomic E-state index is -0.466. The van der Waals surface area contributed by atoms with Crippen molar-refractivity contribution in [3.63, 3.8) is 0 Å². The van der Waals surface area contributed by atoms with Gasteiger partial charge in [-0.05, 0) is 69.8 Å². The molecule has 4 saturated carbocycles. The summed E-state index contributed by atoms with van der Waals surface area (Å²) in [5.41, 5.74) is 0.294. The summed E-state index contributed by atoms with van der Waals surface area (Å²) in [4.78, 5) is 26.7. The van der Waals surface area contributed by atoms with Gasteiger partial charge in [0, 0.05) is 11.6 Å². The average molecular weight is 397 g/mol. The number of carbonyl (C=O) groups is 2. The number of rotatable bonds is 4. The number of benzene rings is 1. The van der Waals surface area contributed by atoms with Crippen molar-refractivity contribution in [2.45, 2.75) is 63.6 Å². The molecule has 4 aliphatic carbocycles. The zero-order valence-electron chi connectivity index (χ0n) is 16.9. The first kappa shape index (κ1) is 17.6. The molecular weight excluding hydrogens is 370 g/mol. The van der Waals surface area contributed by atoms with Crippen LogP contribution in [0.4, 0.5) is 0 Å². The second kappa shape index (κ2) is 5.67. The van der Waals surface area contributed by atoms with E-state index in [4.69, 9.17) is 14.2 Å². The van der Waals surface area contributed by atoms with Gasteiger partial charge in [-0.1, -0.05) is 12.1 Å². The van der Waals surface area contributed by atoms with Crippen molar-refractivity contribution in [1.82, 2.24) is 4.90 Å². The summed E-state index contributed by atoms with van der Waals surface area (Å²) in [5.74, 6) is 3.19. The van der Waals surface area contributed by atoms with Crippen molar-refractivity contribution in [3.8, 4) is 11.5 Å². The highest BCUT2D eigenvalue weighted by molar-refractivity contribution is 5.91. The summed E-state index contributed by atoms with van der Waals surface area (Å²) in [7, 11) is 0. The first-order valence-electron chi connectivity index (χ1n) is 10.8. The Kier molecular flexibility index (Phi) is 3.44. The topological polar surface area (TPSA) is 65.1 Å². The highest BCUT2D eigenvalue weighted by atomic mass is 16.7. The fourth-order valence-electron chi connectivity index (χ4n) is 7.49. The monoisotopic (exact) mass is 397 g/mol. The van der Waals surface area contributed by atoms with Crippen LogP contribution in [0.15, 0.2) is 18.2 Å². The summed E-state index contributed by atoms with van der Waals surface area (Å²) < 4.78 is 17.0. The number of ether oxygens (including phenoxy) is 3. The van der Waals surface area contributed by atoms with Crippen LogP contribution in [0.25, 0.3) is 0 Å². The summed E-state index contributed by atoms with van der Waals surface area (Å²) in [5, 5.41) is 0. The predicted octanol–water partition coefficient (Wildman–Crippen LogP) is 3.45. The van der Waals surface area contributed by atoms with Gasteiger partial charge < -0.3 is 19.1 Å². The lowest BCUT2D eigenvalue weighted by Gasteiger charge is -2.66. The third-order valence-electron chi connectivity index (χ3n) is 8.26. The average Bonchev–Trinajstić information content (AvgIpc) is 3.15. The maximum Gasteiger partial charge on any atom is 0.293 e. The van der Waals surface area contributed by atoms with Crippen molar-refractivity contribution < 1.29 is 23.8 Å². The molecule has 1 aromatic carbocycles. The molecule has 3 atom stereocenters. The van der Waals surface area contributed by atoms with Gasteiger partial charge >= 0.3 is 0 Å². The molecule has 29 heavy (non-hydrogen) atoms. The van der Waals surface area contributed by atoms with Gasteiger partial charge in [-0.2, -0.15) is 0 Å². The molecule has 2 aliphatic heterocycles. The van der Waals surface area contributed by atoms with Gasteiger partial charge in [0.1, 0.15) is 5.60 Å². The van der Waals surface area contributed by atoms with Gasteiger partial charge in [-0.15, -0.1) is 0 Å². The van der Waals surface area contributed by atoms with E-state index in [1.807, 2.05) is 26.0 Å². The third kappa shape index (κ3) is 2.23. The zero-order chi connectivity index (χ0) is 20.0. The van der Waals surface area contributed by atoms with Crippen LogP contribution in [-0.2, 0) is 14.3 Å². The number of nitrogens with zero attached hydrogens (tertiary/aromatic N) is 1. The van der Waals surface area contributed by atoms with E-state index in [1.54, 1.807) is 0 Å². The molecule has 0 radical (unpaired) electrons. The van der Waals surface area contributed by atoms with Crippen LogP contribution in [0.3, 0.4) is 0 Å². The molecule has 0 spiro atoms. The number of hydrogen-bond acceptors (Lipinski definition) is 5. The molecular formula is C23H27NO5. The van der Waals surface area contributed by atoms with E-state index in [0.29, 0.717) is 24.2 Å². The van der Waals surface area contributed by atoms with Crippen LogP contribution in [-0.4, -0.2) is 35.7 Å². The molecule has 6 heteroatoms. The van der Waals surface area contributed by atoms with Crippen LogP contribution < -0.4 is 9.47 Å². The number of carbonyl (C=O) groups excluding carboxylic acids is 2. The number of β-lactam (4-membered cyclic amide) rings is 1. The number of amides is 1. The minimum absolute atomic E-state index is 0.0166. The Balaban J connectivity index is 1.38. The summed E-state index contributed by atoms with van der Waals surface area (Å²) in [6.07, 6.45) is 5.02. The van der Waals surface area contributed by atoms with Crippen molar-refractivity contribution in [2.75, 3.05) is 6.79 Å². The Morgan fingerprint density at radius 2 is 1.90 bits per heavy atom. The van der Waals surface area contributed by atoms with Gasteiger partial charge in [0.05, 0.1) is 11.5 Å². The lowest BCUT2D eigenvalue weighted by Crippen LogP contribution is -2.71. The molecule has 1 saturated heterocycles. The lowest BCUT2D eigenvalue weighted by molar-refractivity contribution is -0.214. The Hall–Kier alpha value is -2.24. The number of para-hydroxylation sites is 1. The lowest BCUT2D eigenvalue weighted by atomic mass is 9.50. The van der Waals surface area contributed by atoms with Crippen LogP contribution in [0.2, 0.25) is 0 Å². The van der Waals surface area contributed by atoms with Crippen molar-refractivity contribution in [1.29, 1.82) is 0 Å². The van der Waals surface area contributed by atoms with Crippen molar-refractivity contribution >= 4 is 12.4 Å². The van der Waals surface area contributed by atoms with Crippen molar-refractivity contribution in [3.05, 3.63) is 23.8 Å². The normalized spacial score (nSPS) is 40.7. The second-order valence-corrected chi connectivity index (χ2v) is 10.3. The first-order valence-corrected chi connectivity index (χ1v) is 10.8. The first-order chi connectivity index (χ1) is 13.9. The van der Waals surface area contributed by atoms with Gasteiger partial charge in [-0.25, -0.2) is 0 Å². The van der Waals surface area contributed by atoms with Gasteiger partial charge in [0.25, 0.3) is 6.47 Å². The number of fused-ring (bicyclic) bond motifs is 1. The van der Waals surface area contributed by atoms with Crippen LogP contribution >= 0.6 is 0 Å². The molecule has 154 valence electrons. The second-order valence-electron chi connectivity index (χ2n) is 10.3. The van der Waals surface area contributed by atoms with Gasteiger partial charge in [0.2, 0.25) is 12.7 Å². The Labute approximate surface area is 170 Å². The molecule has 6 nitrogen and oxygen atoms in total. The molecule has 7 rings (SSSR count). The van der Waals surface area contributed by atoms with Crippen molar-refractivity contribution in [2.24, 2.45) is 23.2 Å². The van der Waals surface area contributed by atoms with Crippen LogP contribution in [0.1, 0.15) is 57.6 Å². The maximum absolute atomic E-state index is 13.4. The number of hydrogen-bond donors (Lipinski definition) is 0.